The quantitative estimate of drug-likeness (QED) is 0.778. The molecule has 0 N–H and O–H groups in total. The van der Waals surface area contributed by atoms with Crippen LogP contribution < -0.4 is 0 Å². The van der Waals surface area contributed by atoms with Crippen LogP contribution in [0.15, 0.2) is 5.38 Å². The van der Waals surface area contributed by atoms with E-state index in [9.17, 15) is 8.42 Å². The average Bonchev–Trinajstić information content (AvgIpc) is 2.75. The molecule has 0 bridgehead atoms. The molecule has 0 unspecified atom stereocenters. The van der Waals surface area contributed by atoms with Gasteiger partial charge < -0.3 is 0 Å². The summed E-state index contributed by atoms with van der Waals surface area (Å²) < 4.78 is 24.5. The molecular formula is C8H11ClN2O2S2. The minimum absolute atomic E-state index is 0.265. The normalized spacial score (nSPS) is 20.9. The molecular weight excluding hydrogens is 256 g/mol. The summed E-state index contributed by atoms with van der Waals surface area (Å²) in [6.45, 7) is 1.00. The van der Waals surface area contributed by atoms with Gasteiger partial charge in [0.25, 0.3) is 0 Å². The van der Waals surface area contributed by atoms with Crippen LogP contribution in [0.1, 0.15) is 17.1 Å². The maximum Gasteiger partial charge on any atom is 0.214 e. The summed E-state index contributed by atoms with van der Waals surface area (Å²) in [7, 11) is -3.02. The zero-order valence-electron chi connectivity index (χ0n) is 8.02. The third-order valence-electron chi connectivity index (χ3n) is 2.25. The predicted molar refractivity (Wildman–Crippen MR) is 60.5 cm³/mol. The van der Waals surface area contributed by atoms with Crippen molar-refractivity contribution in [2.75, 3.05) is 12.3 Å². The first-order chi connectivity index (χ1) is 7.12. The highest BCUT2D eigenvalue weighted by molar-refractivity contribution is 7.89. The van der Waals surface area contributed by atoms with E-state index in [0.717, 1.165) is 17.1 Å². The van der Waals surface area contributed by atoms with Gasteiger partial charge >= 0.3 is 0 Å². The highest BCUT2D eigenvalue weighted by Gasteiger charge is 2.28. The van der Waals surface area contributed by atoms with Crippen molar-refractivity contribution in [3.8, 4) is 0 Å². The van der Waals surface area contributed by atoms with Crippen LogP contribution in [-0.4, -0.2) is 30.0 Å². The molecule has 84 valence electrons. The Balaban J connectivity index is 2.09. The molecule has 1 saturated heterocycles. The van der Waals surface area contributed by atoms with Crippen LogP contribution in [0.5, 0.6) is 0 Å². The van der Waals surface area contributed by atoms with Crippen molar-refractivity contribution < 1.29 is 8.42 Å². The molecule has 0 aromatic carbocycles. The number of alkyl halides is 1. The Bertz CT molecular complexity index is 443. The number of rotatable bonds is 3. The highest BCUT2D eigenvalue weighted by atomic mass is 35.5. The van der Waals surface area contributed by atoms with Crippen molar-refractivity contribution in [1.29, 1.82) is 0 Å². The van der Waals surface area contributed by atoms with Crippen molar-refractivity contribution in [2.24, 2.45) is 0 Å². The second-order valence-corrected chi connectivity index (χ2v) is 6.67. The van der Waals surface area contributed by atoms with Gasteiger partial charge in [0.1, 0.15) is 5.01 Å². The molecule has 0 radical (unpaired) electrons. The smallest absolute Gasteiger partial charge is 0.214 e. The van der Waals surface area contributed by atoms with Gasteiger partial charge in [-0.15, -0.1) is 22.9 Å². The van der Waals surface area contributed by atoms with Crippen molar-refractivity contribution in [1.82, 2.24) is 9.29 Å². The van der Waals surface area contributed by atoms with Gasteiger partial charge in [-0.3, -0.25) is 0 Å². The Morgan fingerprint density at radius 3 is 2.93 bits per heavy atom. The summed E-state index contributed by atoms with van der Waals surface area (Å²) in [5, 5.41) is 2.68. The zero-order valence-corrected chi connectivity index (χ0v) is 10.4. The lowest BCUT2D eigenvalue weighted by Gasteiger charge is -2.11. The van der Waals surface area contributed by atoms with Crippen molar-refractivity contribution in [3.05, 3.63) is 16.1 Å². The summed E-state index contributed by atoms with van der Waals surface area (Å²) in [6.07, 6.45) is 0.718. The number of hydrogen-bond donors (Lipinski definition) is 0. The summed E-state index contributed by atoms with van der Waals surface area (Å²) >= 11 is 7.09. The van der Waals surface area contributed by atoms with E-state index >= 15 is 0 Å². The number of thiazole rings is 1. The largest absolute Gasteiger partial charge is 0.244 e. The lowest BCUT2D eigenvalue weighted by atomic mass is 10.5. The Morgan fingerprint density at radius 1 is 1.60 bits per heavy atom. The van der Waals surface area contributed by atoms with Crippen molar-refractivity contribution in [2.45, 2.75) is 18.8 Å². The van der Waals surface area contributed by atoms with Gasteiger partial charge in [0, 0.05) is 11.9 Å². The van der Waals surface area contributed by atoms with Crippen molar-refractivity contribution >= 4 is 33.0 Å². The fourth-order valence-electron chi connectivity index (χ4n) is 1.50. The van der Waals surface area contributed by atoms with E-state index in [1.165, 1.54) is 15.6 Å². The van der Waals surface area contributed by atoms with E-state index in [4.69, 9.17) is 11.6 Å². The van der Waals surface area contributed by atoms with E-state index < -0.39 is 10.0 Å². The number of halogens is 1. The number of hydrogen-bond acceptors (Lipinski definition) is 4. The van der Waals surface area contributed by atoms with Gasteiger partial charge in [-0.1, -0.05) is 0 Å². The van der Waals surface area contributed by atoms with Crippen LogP contribution in [0.2, 0.25) is 0 Å². The molecule has 0 spiro atoms. The number of sulfonamides is 1. The molecule has 4 nitrogen and oxygen atoms in total. The maximum absolute atomic E-state index is 11.5. The minimum atomic E-state index is -3.02. The van der Waals surface area contributed by atoms with Crippen molar-refractivity contribution in [3.63, 3.8) is 0 Å². The first-order valence-corrected chi connectivity index (χ1v) is 7.61. The fourth-order valence-corrected chi connectivity index (χ4v) is 4.10. The van der Waals surface area contributed by atoms with Gasteiger partial charge in [-0.2, -0.15) is 4.31 Å². The third-order valence-corrected chi connectivity index (χ3v) is 5.31. The molecule has 0 amide bonds. The Kier molecular flexibility index (Phi) is 3.30. The van der Waals surface area contributed by atoms with Gasteiger partial charge in [-0.25, -0.2) is 13.4 Å². The molecule has 2 heterocycles. The molecule has 2 rings (SSSR count). The van der Waals surface area contributed by atoms with Crippen LogP contribution in [0.25, 0.3) is 0 Å². The monoisotopic (exact) mass is 266 g/mol. The van der Waals surface area contributed by atoms with E-state index in [-0.39, 0.29) is 5.75 Å². The standard InChI is InChI=1S/C8H11ClN2O2S2/c9-4-7-6-14-8(10-7)5-11-2-1-3-15(11,12)13/h6H,1-5H2. The van der Waals surface area contributed by atoms with E-state index in [2.05, 4.69) is 4.98 Å². The molecule has 1 aliphatic rings. The minimum Gasteiger partial charge on any atom is -0.244 e. The number of aromatic nitrogens is 1. The topological polar surface area (TPSA) is 50.3 Å². The van der Waals surface area contributed by atoms with Crippen LogP contribution in [-0.2, 0) is 22.4 Å². The average molecular weight is 267 g/mol. The van der Waals surface area contributed by atoms with E-state index in [1.807, 2.05) is 5.38 Å². The van der Waals surface area contributed by atoms with Crippen LogP contribution in [0.3, 0.4) is 0 Å². The van der Waals surface area contributed by atoms with E-state index in [0.29, 0.717) is 19.0 Å². The van der Waals surface area contributed by atoms with Gasteiger partial charge in [0.2, 0.25) is 10.0 Å². The molecule has 1 aromatic rings. The van der Waals surface area contributed by atoms with Crippen LogP contribution in [0.4, 0.5) is 0 Å². The second kappa shape index (κ2) is 4.37. The lowest BCUT2D eigenvalue weighted by Crippen LogP contribution is -2.25. The van der Waals surface area contributed by atoms with Gasteiger partial charge in [0.05, 0.1) is 23.9 Å². The summed E-state index contributed by atoms with van der Waals surface area (Å²) in [5.41, 5.74) is 0.813. The predicted octanol–water partition coefficient (Wildman–Crippen LogP) is 1.42. The fraction of sp³-hybridized carbons (Fsp3) is 0.625. The third kappa shape index (κ3) is 2.50. The first kappa shape index (κ1) is 11.3. The Labute approximate surface area is 97.9 Å². The molecule has 0 aliphatic carbocycles. The zero-order chi connectivity index (χ0) is 10.9. The molecule has 1 fully saturated rings. The van der Waals surface area contributed by atoms with Gasteiger partial charge in [-0.05, 0) is 6.42 Å². The Morgan fingerprint density at radius 2 is 2.40 bits per heavy atom. The molecule has 1 aromatic heterocycles. The summed E-state index contributed by atoms with van der Waals surface area (Å²) in [6, 6.07) is 0. The molecule has 0 atom stereocenters. The Hall–Kier alpha value is -0.170. The maximum atomic E-state index is 11.5. The van der Waals surface area contributed by atoms with Gasteiger partial charge in [0.15, 0.2) is 0 Å². The SMILES string of the molecule is O=S1(=O)CCCN1Cc1nc(CCl)cs1. The molecule has 7 heteroatoms. The highest BCUT2D eigenvalue weighted by Crippen LogP contribution is 2.19. The summed E-state index contributed by atoms with van der Waals surface area (Å²) in [4.78, 5) is 4.24. The molecule has 15 heavy (non-hydrogen) atoms. The van der Waals surface area contributed by atoms with E-state index in [1.54, 1.807) is 0 Å². The molecule has 0 saturated carbocycles. The first-order valence-electron chi connectivity index (χ1n) is 4.59. The summed E-state index contributed by atoms with van der Waals surface area (Å²) in [5.74, 6) is 0.643. The molecule has 1 aliphatic heterocycles. The van der Waals surface area contributed by atoms with Crippen LogP contribution >= 0.6 is 22.9 Å². The number of nitrogens with zero attached hydrogens (tertiary/aromatic N) is 2. The lowest BCUT2D eigenvalue weighted by molar-refractivity contribution is 0.438. The second-order valence-electron chi connectivity index (χ2n) is 3.37. The van der Waals surface area contributed by atoms with Crippen LogP contribution in [0, 0.1) is 0 Å².